The van der Waals surface area contributed by atoms with Crippen LogP contribution in [0.25, 0.3) is 16.0 Å². The number of unbranched alkanes of at least 4 members (excludes halogenated alkanes) is 1. The molecule has 1 aliphatic heterocycles. The Morgan fingerprint density at radius 2 is 1.75 bits per heavy atom. The van der Waals surface area contributed by atoms with Gasteiger partial charge in [-0.2, -0.15) is 0 Å². The number of carbonyl (C=O) groups is 2. The highest BCUT2D eigenvalue weighted by molar-refractivity contribution is 7.22. The van der Waals surface area contributed by atoms with Crippen LogP contribution in [0.2, 0.25) is 0 Å². The predicted octanol–water partition coefficient (Wildman–Crippen LogP) is 6.51. The molecule has 0 spiro atoms. The third-order valence-corrected chi connectivity index (χ3v) is 7.63. The summed E-state index contributed by atoms with van der Waals surface area (Å²) >= 11 is 1.28. The lowest BCUT2D eigenvalue weighted by Gasteiger charge is -2.23. The number of carbonyl (C=O) groups excluding carboxylic acids is 2. The van der Waals surface area contributed by atoms with Crippen LogP contribution in [0.3, 0.4) is 0 Å². The maximum absolute atomic E-state index is 13.6. The molecule has 0 saturated carbocycles. The molecule has 40 heavy (non-hydrogen) atoms. The zero-order chi connectivity index (χ0) is 28.2. The lowest BCUT2D eigenvalue weighted by Crippen LogP contribution is -2.29. The van der Waals surface area contributed by atoms with Gasteiger partial charge in [0, 0.05) is 5.56 Å². The van der Waals surface area contributed by atoms with Crippen molar-refractivity contribution in [3.8, 4) is 17.2 Å². The molecular weight excluding hydrogens is 528 g/mol. The number of hydrogen-bond acceptors (Lipinski definition) is 8. The van der Waals surface area contributed by atoms with E-state index in [1.54, 1.807) is 67.8 Å². The summed E-state index contributed by atoms with van der Waals surface area (Å²) in [4.78, 5) is 33.2. The Balaban J connectivity index is 1.63. The van der Waals surface area contributed by atoms with Gasteiger partial charge < -0.3 is 19.3 Å². The molecule has 1 aliphatic rings. The molecule has 1 aromatic heterocycles. The van der Waals surface area contributed by atoms with Crippen LogP contribution < -0.4 is 19.1 Å². The van der Waals surface area contributed by atoms with E-state index in [1.807, 2.05) is 13.0 Å². The van der Waals surface area contributed by atoms with Crippen LogP contribution in [0.5, 0.6) is 17.2 Å². The van der Waals surface area contributed by atoms with Crippen molar-refractivity contribution in [1.82, 2.24) is 4.98 Å². The van der Waals surface area contributed by atoms with E-state index in [1.165, 1.54) is 16.2 Å². The number of methoxy groups -OCH3 is 1. The van der Waals surface area contributed by atoms with E-state index in [0.717, 1.165) is 17.5 Å². The van der Waals surface area contributed by atoms with E-state index in [-0.39, 0.29) is 11.3 Å². The first-order chi connectivity index (χ1) is 19.4. The van der Waals surface area contributed by atoms with Gasteiger partial charge in [-0.25, -0.2) is 4.98 Å². The molecule has 1 saturated heterocycles. The van der Waals surface area contributed by atoms with Crippen molar-refractivity contribution in [3.05, 3.63) is 83.4 Å². The van der Waals surface area contributed by atoms with Crippen LogP contribution >= 0.6 is 11.3 Å². The Hall–Kier alpha value is -4.37. The van der Waals surface area contributed by atoms with Gasteiger partial charge in [0.1, 0.15) is 23.0 Å². The van der Waals surface area contributed by atoms with Gasteiger partial charge in [-0.3, -0.25) is 14.5 Å². The Bertz CT molecular complexity index is 1580. The molecule has 1 N–H and O–H groups in total. The van der Waals surface area contributed by atoms with Crippen molar-refractivity contribution in [3.63, 3.8) is 0 Å². The van der Waals surface area contributed by atoms with Crippen molar-refractivity contribution in [1.29, 1.82) is 0 Å². The summed E-state index contributed by atoms with van der Waals surface area (Å²) in [5.41, 5.74) is 1.68. The molecule has 1 atom stereocenters. The van der Waals surface area contributed by atoms with Crippen molar-refractivity contribution in [2.24, 2.45) is 0 Å². The standard InChI is InChI=1S/C31H30N2O6S/c1-4-6-16-39-23-9-7-8-20(17-23)28(34)26-27(19-10-12-21(13-11-19)38-5-2)33(30(36)29(26)35)31-32-24-15-14-22(37-3)18-25(24)40-31/h7-15,17-18,27,34H,4-6,16H2,1-3H3. The number of hydrogen-bond donors (Lipinski definition) is 1. The predicted molar refractivity (Wildman–Crippen MR) is 155 cm³/mol. The second-order valence-electron chi connectivity index (χ2n) is 9.23. The van der Waals surface area contributed by atoms with E-state index in [4.69, 9.17) is 14.2 Å². The summed E-state index contributed by atoms with van der Waals surface area (Å²) < 4.78 is 17.5. The van der Waals surface area contributed by atoms with Crippen LogP contribution in [0.4, 0.5) is 5.13 Å². The first-order valence-electron chi connectivity index (χ1n) is 13.2. The number of Topliss-reactive ketones (excluding diaryl/α,β-unsaturated/α-hetero) is 1. The van der Waals surface area contributed by atoms with Crippen LogP contribution in [-0.2, 0) is 9.59 Å². The van der Waals surface area contributed by atoms with Gasteiger partial charge in [-0.15, -0.1) is 0 Å². The maximum atomic E-state index is 13.6. The number of anilines is 1. The Morgan fingerprint density at radius 3 is 2.48 bits per heavy atom. The van der Waals surface area contributed by atoms with Crippen LogP contribution in [0.1, 0.15) is 43.9 Å². The van der Waals surface area contributed by atoms with Gasteiger partial charge in [0.2, 0.25) is 0 Å². The third-order valence-electron chi connectivity index (χ3n) is 6.62. The normalized spacial score (nSPS) is 16.5. The van der Waals surface area contributed by atoms with Crippen molar-refractivity contribution >= 4 is 44.1 Å². The summed E-state index contributed by atoms with van der Waals surface area (Å²) in [6.07, 6.45) is 1.89. The van der Waals surface area contributed by atoms with E-state index < -0.39 is 17.7 Å². The minimum absolute atomic E-state index is 0.0169. The van der Waals surface area contributed by atoms with Crippen LogP contribution in [-0.4, -0.2) is 42.1 Å². The van der Waals surface area contributed by atoms with E-state index >= 15 is 0 Å². The molecule has 2 heterocycles. The molecule has 0 radical (unpaired) electrons. The number of amides is 1. The first kappa shape index (κ1) is 27.2. The molecule has 4 aromatic rings. The minimum atomic E-state index is -0.900. The number of benzene rings is 3. The fourth-order valence-electron chi connectivity index (χ4n) is 4.60. The molecule has 3 aromatic carbocycles. The SMILES string of the molecule is CCCCOc1cccc(C(O)=C2C(=O)C(=O)N(c3nc4ccc(OC)cc4s3)C2c2ccc(OCC)cc2)c1. The van der Waals surface area contributed by atoms with Crippen molar-refractivity contribution in [2.45, 2.75) is 32.7 Å². The van der Waals surface area contributed by atoms with Gasteiger partial charge in [-0.1, -0.05) is 48.9 Å². The molecule has 206 valence electrons. The second kappa shape index (κ2) is 11.8. The third kappa shape index (κ3) is 5.24. The summed E-state index contributed by atoms with van der Waals surface area (Å²) in [6, 6.07) is 18.6. The van der Waals surface area contributed by atoms with Gasteiger partial charge in [0.25, 0.3) is 5.78 Å². The molecule has 1 fully saturated rings. The smallest absolute Gasteiger partial charge is 0.301 e. The number of ether oxygens (including phenoxy) is 3. The average Bonchev–Trinajstić information content (AvgIpc) is 3.51. The van der Waals surface area contributed by atoms with Gasteiger partial charge in [-0.05, 0) is 61.4 Å². The molecule has 0 bridgehead atoms. The van der Waals surface area contributed by atoms with Gasteiger partial charge in [0.15, 0.2) is 5.13 Å². The summed E-state index contributed by atoms with van der Waals surface area (Å²) in [5, 5.41) is 11.9. The zero-order valence-corrected chi connectivity index (χ0v) is 23.4. The topological polar surface area (TPSA) is 98.2 Å². The average molecular weight is 559 g/mol. The van der Waals surface area contributed by atoms with Crippen molar-refractivity contribution in [2.75, 3.05) is 25.2 Å². The number of fused-ring (bicyclic) bond motifs is 1. The highest BCUT2D eigenvalue weighted by Gasteiger charge is 2.48. The quantitative estimate of drug-likeness (QED) is 0.103. The molecule has 8 nitrogen and oxygen atoms in total. The Labute approximate surface area is 236 Å². The minimum Gasteiger partial charge on any atom is -0.507 e. The monoisotopic (exact) mass is 558 g/mol. The van der Waals surface area contributed by atoms with Crippen LogP contribution in [0.15, 0.2) is 72.3 Å². The highest BCUT2D eigenvalue weighted by atomic mass is 32.1. The lowest BCUT2D eigenvalue weighted by molar-refractivity contribution is -0.132. The fraction of sp³-hybridized carbons (Fsp3) is 0.258. The number of aliphatic hydroxyl groups excluding tert-OH is 1. The second-order valence-corrected chi connectivity index (χ2v) is 10.2. The zero-order valence-electron chi connectivity index (χ0n) is 22.5. The molecule has 0 aliphatic carbocycles. The van der Waals surface area contributed by atoms with Crippen molar-refractivity contribution < 1.29 is 28.9 Å². The highest BCUT2D eigenvalue weighted by Crippen LogP contribution is 2.45. The molecule has 1 unspecified atom stereocenters. The number of thiazole rings is 1. The molecule has 9 heteroatoms. The Morgan fingerprint density at radius 1 is 0.975 bits per heavy atom. The summed E-state index contributed by atoms with van der Waals surface area (Å²) in [7, 11) is 1.58. The van der Waals surface area contributed by atoms with E-state index in [0.29, 0.717) is 52.2 Å². The number of ketones is 1. The summed E-state index contributed by atoms with van der Waals surface area (Å²) in [6.45, 7) is 5.02. The largest absolute Gasteiger partial charge is 0.507 e. The maximum Gasteiger partial charge on any atom is 0.301 e. The van der Waals surface area contributed by atoms with Gasteiger partial charge >= 0.3 is 5.91 Å². The van der Waals surface area contributed by atoms with E-state index in [9.17, 15) is 14.7 Å². The first-order valence-corrected chi connectivity index (χ1v) is 14.0. The number of nitrogens with zero attached hydrogens (tertiary/aromatic N) is 2. The molecule has 5 rings (SSSR count). The number of aliphatic hydroxyl groups is 1. The summed E-state index contributed by atoms with van der Waals surface area (Å²) in [5.74, 6) is 0.0707. The van der Waals surface area contributed by atoms with Gasteiger partial charge in [0.05, 0.1) is 42.2 Å². The Kier molecular flexibility index (Phi) is 8.02. The number of aromatic nitrogens is 1. The van der Waals surface area contributed by atoms with Crippen LogP contribution in [0, 0.1) is 0 Å². The van der Waals surface area contributed by atoms with E-state index in [2.05, 4.69) is 11.9 Å². The lowest BCUT2D eigenvalue weighted by atomic mass is 9.95. The fourth-order valence-corrected chi connectivity index (χ4v) is 5.62. The number of rotatable bonds is 10. The molecular formula is C31H30N2O6S. The molecule has 1 amide bonds.